The zero-order valence-corrected chi connectivity index (χ0v) is 18.1. The van der Waals surface area contributed by atoms with E-state index in [0.29, 0.717) is 17.3 Å². The summed E-state index contributed by atoms with van der Waals surface area (Å²) in [6, 6.07) is 6.15. The number of nitrogens with zero attached hydrogens (tertiary/aromatic N) is 3. The van der Waals surface area contributed by atoms with Gasteiger partial charge in [0, 0.05) is 41.6 Å². The summed E-state index contributed by atoms with van der Waals surface area (Å²) < 4.78 is 12.6. The second-order valence-corrected chi connectivity index (χ2v) is 7.52. The standard InChI is InChI=1S/C22H27N3O6/c1-4-5-6-7-8-9-10-23-17-13-21(30-2)19(24(26)27)11-15(17)16-12-20(25(28)29)22(31-3)14-18(16)23/h11-14H,4-10H2,1-3H3. The van der Waals surface area contributed by atoms with Crippen LogP contribution in [0.1, 0.15) is 45.4 Å². The van der Waals surface area contributed by atoms with Gasteiger partial charge in [0.25, 0.3) is 0 Å². The van der Waals surface area contributed by atoms with Crippen LogP contribution in [0.15, 0.2) is 24.3 Å². The first kappa shape index (κ1) is 22.3. The molecule has 0 N–H and O–H groups in total. The predicted molar refractivity (Wildman–Crippen MR) is 119 cm³/mol. The smallest absolute Gasteiger partial charge is 0.311 e. The van der Waals surface area contributed by atoms with Gasteiger partial charge >= 0.3 is 11.4 Å². The molecule has 0 saturated carbocycles. The van der Waals surface area contributed by atoms with E-state index in [9.17, 15) is 20.2 Å². The highest BCUT2D eigenvalue weighted by Gasteiger charge is 2.24. The molecule has 1 aromatic heterocycles. The molecule has 166 valence electrons. The summed E-state index contributed by atoms with van der Waals surface area (Å²) in [4.78, 5) is 22.0. The number of benzene rings is 2. The van der Waals surface area contributed by atoms with Gasteiger partial charge in [0.1, 0.15) is 0 Å². The number of aryl methyl sites for hydroxylation is 1. The lowest BCUT2D eigenvalue weighted by molar-refractivity contribution is -0.385. The van der Waals surface area contributed by atoms with Crippen molar-refractivity contribution in [1.29, 1.82) is 0 Å². The van der Waals surface area contributed by atoms with Gasteiger partial charge in [0.2, 0.25) is 0 Å². The third-order valence-corrected chi connectivity index (χ3v) is 5.59. The molecule has 0 radical (unpaired) electrons. The van der Waals surface area contributed by atoms with Crippen LogP contribution in [0.25, 0.3) is 21.8 Å². The van der Waals surface area contributed by atoms with Crippen LogP contribution in [0.5, 0.6) is 11.5 Å². The molecule has 1 heterocycles. The molecule has 0 aliphatic rings. The lowest BCUT2D eigenvalue weighted by Crippen LogP contribution is -2.00. The molecule has 9 nitrogen and oxygen atoms in total. The Hall–Kier alpha value is -3.36. The molecule has 3 rings (SSSR count). The Labute approximate surface area is 179 Å². The molecule has 0 amide bonds. The predicted octanol–water partition coefficient (Wildman–Crippen LogP) is 5.99. The third kappa shape index (κ3) is 4.40. The van der Waals surface area contributed by atoms with Crippen molar-refractivity contribution in [2.75, 3.05) is 14.2 Å². The van der Waals surface area contributed by atoms with Gasteiger partial charge in [0.05, 0.1) is 35.1 Å². The van der Waals surface area contributed by atoms with Gasteiger partial charge in [-0.2, -0.15) is 0 Å². The zero-order chi connectivity index (χ0) is 22.5. The Bertz CT molecular complexity index is 1040. The lowest BCUT2D eigenvalue weighted by Gasteiger charge is -2.09. The Kier molecular flexibility index (Phi) is 6.94. The summed E-state index contributed by atoms with van der Waals surface area (Å²) in [7, 11) is 2.78. The molecule has 9 heteroatoms. The molecule has 0 saturated heterocycles. The van der Waals surface area contributed by atoms with Crippen LogP contribution in [-0.2, 0) is 6.54 Å². The molecule has 0 spiro atoms. The summed E-state index contributed by atoms with van der Waals surface area (Å²) >= 11 is 0. The van der Waals surface area contributed by atoms with Crippen LogP contribution >= 0.6 is 0 Å². The van der Waals surface area contributed by atoms with Crippen LogP contribution in [0.4, 0.5) is 11.4 Å². The van der Waals surface area contributed by atoms with Gasteiger partial charge in [-0.25, -0.2) is 0 Å². The molecule has 2 aromatic carbocycles. The largest absolute Gasteiger partial charge is 0.490 e. The Morgan fingerprint density at radius 1 is 0.774 bits per heavy atom. The highest BCUT2D eigenvalue weighted by molar-refractivity contribution is 6.10. The van der Waals surface area contributed by atoms with Crippen molar-refractivity contribution in [3.8, 4) is 11.5 Å². The minimum atomic E-state index is -0.507. The zero-order valence-electron chi connectivity index (χ0n) is 18.1. The number of fused-ring (bicyclic) bond motifs is 3. The van der Waals surface area contributed by atoms with Crippen LogP contribution in [-0.4, -0.2) is 28.6 Å². The molecule has 0 aliphatic heterocycles. The van der Waals surface area contributed by atoms with Crippen LogP contribution in [0, 0.1) is 20.2 Å². The molecule has 0 bridgehead atoms. The molecule has 3 aromatic rings. The van der Waals surface area contributed by atoms with E-state index in [1.54, 1.807) is 12.1 Å². The minimum absolute atomic E-state index is 0.158. The van der Waals surface area contributed by atoms with Crippen molar-refractivity contribution in [2.45, 2.75) is 52.0 Å². The first-order valence-electron chi connectivity index (χ1n) is 10.4. The van der Waals surface area contributed by atoms with Crippen molar-refractivity contribution >= 4 is 33.2 Å². The normalized spacial score (nSPS) is 11.2. The number of aromatic nitrogens is 1. The van der Waals surface area contributed by atoms with Crippen LogP contribution in [0.2, 0.25) is 0 Å². The quantitative estimate of drug-likeness (QED) is 0.210. The van der Waals surface area contributed by atoms with E-state index < -0.39 is 9.85 Å². The van der Waals surface area contributed by atoms with Crippen molar-refractivity contribution in [2.24, 2.45) is 0 Å². The molecule has 0 fully saturated rings. The first-order chi connectivity index (χ1) is 14.9. The monoisotopic (exact) mass is 429 g/mol. The van der Waals surface area contributed by atoms with Gasteiger partial charge in [0.15, 0.2) is 11.5 Å². The number of hydrogen-bond acceptors (Lipinski definition) is 6. The number of ether oxygens (including phenoxy) is 2. The Morgan fingerprint density at radius 2 is 1.23 bits per heavy atom. The number of methoxy groups -OCH3 is 2. The SMILES string of the molecule is CCCCCCCCn1c2cc(OC)c([N+](=O)[O-])cc2c2cc([N+](=O)[O-])c(OC)cc21. The summed E-state index contributed by atoms with van der Waals surface area (Å²) in [6.07, 6.45) is 6.75. The summed E-state index contributed by atoms with van der Waals surface area (Å²) in [5, 5.41) is 24.2. The second-order valence-electron chi connectivity index (χ2n) is 7.52. The van der Waals surface area contributed by atoms with E-state index in [4.69, 9.17) is 9.47 Å². The fourth-order valence-corrected chi connectivity index (χ4v) is 4.03. The number of nitro groups is 2. The van der Waals surface area contributed by atoms with Crippen molar-refractivity contribution in [3.63, 3.8) is 0 Å². The average molecular weight is 429 g/mol. The molecule has 0 aliphatic carbocycles. The van der Waals surface area contributed by atoms with E-state index in [-0.39, 0.29) is 22.9 Å². The van der Waals surface area contributed by atoms with E-state index in [1.165, 1.54) is 45.6 Å². The second kappa shape index (κ2) is 9.63. The first-order valence-corrected chi connectivity index (χ1v) is 10.4. The summed E-state index contributed by atoms with van der Waals surface area (Å²) in [5.41, 5.74) is 1.14. The maximum Gasteiger partial charge on any atom is 0.311 e. The maximum absolute atomic E-state index is 11.5. The van der Waals surface area contributed by atoms with Crippen LogP contribution < -0.4 is 9.47 Å². The molecule has 31 heavy (non-hydrogen) atoms. The number of rotatable bonds is 11. The minimum Gasteiger partial charge on any atom is -0.490 e. The van der Waals surface area contributed by atoms with Gasteiger partial charge in [-0.1, -0.05) is 39.0 Å². The summed E-state index contributed by atoms with van der Waals surface area (Å²) in [5.74, 6) is 0.317. The van der Waals surface area contributed by atoms with Gasteiger partial charge in [-0.15, -0.1) is 0 Å². The van der Waals surface area contributed by atoms with E-state index >= 15 is 0 Å². The Morgan fingerprint density at radius 3 is 1.65 bits per heavy atom. The molecule has 0 unspecified atom stereocenters. The fraction of sp³-hybridized carbons (Fsp3) is 0.455. The van der Waals surface area contributed by atoms with Gasteiger partial charge in [-0.3, -0.25) is 20.2 Å². The third-order valence-electron chi connectivity index (χ3n) is 5.59. The van der Waals surface area contributed by atoms with E-state index in [2.05, 4.69) is 6.92 Å². The average Bonchev–Trinajstić information content (AvgIpc) is 3.05. The Balaban J connectivity index is 2.17. The topological polar surface area (TPSA) is 110 Å². The van der Waals surface area contributed by atoms with E-state index in [1.807, 2.05) is 4.57 Å². The van der Waals surface area contributed by atoms with Crippen molar-refractivity contribution in [3.05, 3.63) is 44.5 Å². The highest BCUT2D eigenvalue weighted by Crippen LogP contribution is 2.41. The van der Waals surface area contributed by atoms with E-state index in [0.717, 1.165) is 30.3 Å². The lowest BCUT2D eigenvalue weighted by atomic mass is 10.1. The van der Waals surface area contributed by atoms with Gasteiger partial charge < -0.3 is 14.0 Å². The number of hydrogen-bond donors (Lipinski definition) is 0. The summed E-state index contributed by atoms with van der Waals surface area (Å²) in [6.45, 7) is 2.87. The van der Waals surface area contributed by atoms with Crippen LogP contribution in [0.3, 0.4) is 0 Å². The fourth-order valence-electron chi connectivity index (χ4n) is 4.03. The molecule has 0 atom stereocenters. The molecular weight excluding hydrogens is 402 g/mol. The van der Waals surface area contributed by atoms with Gasteiger partial charge in [-0.05, 0) is 6.42 Å². The highest BCUT2D eigenvalue weighted by atomic mass is 16.6. The number of nitro benzene ring substituents is 2. The molecular formula is C22H27N3O6. The number of unbranched alkanes of at least 4 members (excludes halogenated alkanes) is 5. The maximum atomic E-state index is 11.5. The van der Waals surface area contributed by atoms with Crippen molar-refractivity contribution < 1.29 is 19.3 Å². The van der Waals surface area contributed by atoms with Crippen molar-refractivity contribution in [1.82, 2.24) is 4.57 Å².